The zero-order valence-corrected chi connectivity index (χ0v) is 12.2. The predicted octanol–water partition coefficient (Wildman–Crippen LogP) is -2.47. The van der Waals surface area contributed by atoms with E-state index in [1.807, 2.05) is 0 Å². The van der Waals surface area contributed by atoms with Gasteiger partial charge in [0.2, 0.25) is 5.91 Å². The van der Waals surface area contributed by atoms with Crippen molar-refractivity contribution in [1.29, 1.82) is 0 Å². The first-order valence-corrected chi connectivity index (χ1v) is 6.75. The van der Waals surface area contributed by atoms with Gasteiger partial charge >= 0.3 is 17.9 Å². The molecule has 0 unspecified atom stereocenters. The minimum absolute atomic E-state index is 0.319. The van der Waals surface area contributed by atoms with Crippen molar-refractivity contribution < 1.29 is 28.8 Å². The molecule has 22 heavy (non-hydrogen) atoms. The molecule has 1 saturated heterocycles. The lowest BCUT2D eigenvalue weighted by atomic mass is 10.2. The minimum atomic E-state index is -1.32. The number of nitrogens with two attached hydrogens (primary N) is 3. The highest BCUT2D eigenvalue weighted by molar-refractivity contribution is 5.93. The standard InChI is InChI=1S/C12H20N4O6/c1-6(13)10(18)22-16-4-2-3-8(16)12(20)21-11(19)7(14)5-9(15)17/h6-8H,2-5,13-14H2,1H3,(H2,15,17)/t6-,7-,8-/m0/s1. The van der Waals surface area contributed by atoms with E-state index in [4.69, 9.17) is 22.0 Å². The highest BCUT2D eigenvalue weighted by atomic mass is 16.7. The Morgan fingerprint density at radius 2 is 1.86 bits per heavy atom. The summed E-state index contributed by atoms with van der Waals surface area (Å²) in [5.74, 6) is -3.45. The molecule has 10 nitrogen and oxygen atoms in total. The Morgan fingerprint density at radius 3 is 2.41 bits per heavy atom. The Labute approximate surface area is 126 Å². The first kappa shape index (κ1) is 18.0. The summed E-state index contributed by atoms with van der Waals surface area (Å²) in [5.41, 5.74) is 15.6. The van der Waals surface area contributed by atoms with E-state index in [0.717, 1.165) is 5.06 Å². The fourth-order valence-corrected chi connectivity index (χ4v) is 1.83. The molecule has 6 N–H and O–H groups in total. The van der Waals surface area contributed by atoms with Crippen LogP contribution in [-0.4, -0.2) is 53.5 Å². The maximum Gasteiger partial charge on any atom is 0.341 e. The summed E-state index contributed by atoms with van der Waals surface area (Å²) in [4.78, 5) is 50.6. The van der Waals surface area contributed by atoms with Crippen molar-refractivity contribution in [2.24, 2.45) is 17.2 Å². The van der Waals surface area contributed by atoms with E-state index in [1.165, 1.54) is 6.92 Å². The lowest BCUT2D eigenvalue weighted by molar-refractivity contribution is -0.202. The minimum Gasteiger partial charge on any atom is -0.391 e. The Hall–Kier alpha value is -2.04. The van der Waals surface area contributed by atoms with Gasteiger partial charge in [0.1, 0.15) is 18.1 Å². The van der Waals surface area contributed by atoms with Crippen LogP contribution in [-0.2, 0) is 28.8 Å². The molecule has 1 rings (SSSR count). The lowest BCUT2D eigenvalue weighted by Gasteiger charge is -2.22. The number of primary amides is 1. The molecular weight excluding hydrogens is 296 g/mol. The number of carbonyl (C=O) groups excluding carboxylic acids is 4. The number of hydroxylamine groups is 2. The molecule has 0 spiro atoms. The van der Waals surface area contributed by atoms with Crippen LogP contribution >= 0.6 is 0 Å². The molecular formula is C12H20N4O6. The van der Waals surface area contributed by atoms with Gasteiger partial charge < -0.3 is 26.8 Å². The smallest absolute Gasteiger partial charge is 0.341 e. The second-order valence-electron chi connectivity index (χ2n) is 5.01. The van der Waals surface area contributed by atoms with Crippen LogP contribution in [0.25, 0.3) is 0 Å². The van der Waals surface area contributed by atoms with E-state index in [0.29, 0.717) is 19.4 Å². The molecule has 1 amide bonds. The van der Waals surface area contributed by atoms with Crippen LogP contribution in [0.1, 0.15) is 26.2 Å². The molecule has 0 aromatic carbocycles. The van der Waals surface area contributed by atoms with Gasteiger partial charge in [0.05, 0.1) is 6.42 Å². The van der Waals surface area contributed by atoms with Crippen molar-refractivity contribution in [2.45, 2.75) is 44.3 Å². The van der Waals surface area contributed by atoms with Gasteiger partial charge in [0.25, 0.3) is 0 Å². The van der Waals surface area contributed by atoms with Gasteiger partial charge in [0, 0.05) is 6.54 Å². The molecule has 0 aromatic rings. The van der Waals surface area contributed by atoms with Crippen LogP contribution in [0, 0.1) is 0 Å². The average Bonchev–Trinajstić information content (AvgIpc) is 2.85. The van der Waals surface area contributed by atoms with Gasteiger partial charge in [-0.25, -0.2) is 14.4 Å². The van der Waals surface area contributed by atoms with E-state index >= 15 is 0 Å². The molecule has 0 bridgehead atoms. The third kappa shape index (κ3) is 5.06. The number of hydrogen-bond acceptors (Lipinski definition) is 9. The maximum absolute atomic E-state index is 11.9. The Bertz CT molecular complexity index is 467. The summed E-state index contributed by atoms with van der Waals surface area (Å²) in [6.07, 6.45) is 0.497. The number of amides is 1. The maximum atomic E-state index is 11.9. The molecule has 1 aliphatic rings. The highest BCUT2D eigenvalue weighted by Gasteiger charge is 2.37. The topological polar surface area (TPSA) is 168 Å². The van der Waals surface area contributed by atoms with Crippen molar-refractivity contribution in [3.05, 3.63) is 0 Å². The van der Waals surface area contributed by atoms with Crippen molar-refractivity contribution in [3.8, 4) is 0 Å². The van der Waals surface area contributed by atoms with Crippen molar-refractivity contribution in [3.63, 3.8) is 0 Å². The molecule has 10 heteroatoms. The van der Waals surface area contributed by atoms with E-state index in [2.05, 4.69) is 4.74 Å². The molecule has 0 saturated carbocycles. The van der Waals surface area contributed by atoms with E-state index < -0.39 is 48.4 Å². The van der Waals surface area contributed by atoms with E-state index in [-0.39, 0.29) is 0 Å². The average molecular weight is 316 g/mol. The van der Waals surface area contributed by atoms with Crippen LogP contribution in [0.15, 0.2) is 0 Å². The van der Waals surface area contributed by atoms with Crippen molar-refractivity contribution in [2.75, 3.05) is 6.54 Å². The molecule has 1 aliphatic heterocycles. The third-order valence-electron chi connectivity index (χ3n) is 2.98. The van der Waals surface area contributed by atoms with Gasteiger partial charge in [-0.2, -0.15) is 0 Å². The summed E-state index contributed by atoms with van der Waals surface area (Å²) < 4.78 is 4.59. The molecule has 1 heterocycles. The molecule has 3 atom stereocenters. The van der Waals surface area contributed by atoms with Gasteiger partial charge in [-0.3, -0.25) is 4.79 Å². The summed E-state index contributed by atoms with van der Waals surface area (Å²) in [6, 6.07) is -3.07. The van der Waals surface area contributed by atoms with Crippen LogP contribution in [0.4, 0.5) is 0 Å². The van der Waals surface area contributed by atoms with Crippen molar-refractivity contribution in [1.82, 2.24) is 5.06 Å². The zero-order chi connectivity index (χ0) is 16.9. The second-order valence-corrected chi connectivity index (χ2v) is 5.01. The lowest BCUT2D eigenvalue weighted by Crippen LogP contribution is -2.44. The second kappa shape index (κ2) is 7.82. The summed E-state index contributed by atoms with van der Waals surface area (Å²) in [5, 5.41) is 1.13. The van der Waals surface area contributed by atoms with E-state index in [1.54, 1.807) is 0 Å². The van der Waals surface area contributed by atoms with Gasteiger partial charge in [-0.15, -0.1) is 5.06 Å². The number of carbonyl (C=O) groups is 4. The highest BCUT2D eigenvalue weighted by Crippen LogP contribution is 2.19. The van der Waals surface area contributed by atoms with Crippen LogP contribution in [0.3, 0.4) is 0 Å². The molecule has 124 valence electrons. The first-order chi connectivity index (χ1) is 10.2. The number of nitrogens with zero attached hydrogens (tertiary/aromatic N) is 1. The summed E-state index contributed by atoms with van der Waals surface area (Å²) in [6.45, 7) is 1.76. The molecule has 0 aromatic heterocycles. The number of hydrogen-bond donors (Lipinski definition) is 3. The van der Waals surface area contributed by atoms with Crippen LogP contribution in [0.2, 0.25) is 0 Å². The predicted molar refractivity (Wildman–Crippen MR) is 72.4 cm³/mol. The SMILES string of the molecule is C[C@H](N)C(=O)ON1CCC[C@H]1C(=O)OC(=O)[C@@H](N)CC(N)=O. The largest absolute Gasteiger partial charge is 0.391 e. The Kier molecular flexibility index (Phi) is 6.40. The molecule has 1 fully saturated rings. The fraction of sp³-hybridized carbons (Fsp3) is 0.667. The van der Waals surface area contributed by atoms with Gasteiger partial charge in [-0.1, -0.05) is 0 Å². The number of esters is 2. The van der Waals surface area contributed by atoms with Crippen LogP contribution in [0.5, 0.6) is 0 Å². The Morgan fingerprint density at radius 1 is 1.23 bits per heavy atom. The van der Waals surface area contributed by atoms with E-state index in [9.17, 15) is 19.2 Å². The van der Waals surface area contributed by atoms with Crippen molar-refractivity contribution >= 4 is 23.8 Å². The summed E-state index contributed by atoms with van der Waals surface area (Å²) >= 11 is 0. The summed E-state index contributed by atoms with van der Waals surface area (Å²) in [7, 11) is 0. The quantitative estimate of drug-likeness (QED) is 0.355. The van der Waals surface area contributed by atoms with Crippen LogP contribution < -0.4 is 17.2 Å². The third-order valence-corrected chi connectivity index (χ3v) is 2.98. The normalized spacial score (nSPS) is 21.0. The number of ether oxygens (including phenoxy) is 1. The van der Waals surface area contributed by atoms with Gasteiger partial charge in [-0.05, 0) is 19.8 Å². The number of rotatable bonds is 6. The molecule has 0 radical (unpaired) electrons. The van der Waals surface area contributed by atoms with Gasteiger partial charge in [0.15, 0.2) is 0 Å². The Balaban J connectivity index is 2.58. The molecule has 0 aliphatic carbocycles. The first-order valence-electron chi connectivity index (χ1n) is 6.75. The monoisotopic (exact) mass is 316 g/mol. The fourth-order valence-electron chi connectivity index (χ4n) is 1.83. The zero-order valence-electron chi connectivity index (χ0n) is 12.2.